The number of nitrogens with zero attached hydrogens (tertiary/aromatic N) is 2. The number of nitrogens with one attached hydrogen (secondary N) is 1. The summed E-state index contributed by atoms with van der Waals surface area (Å²) in [4.78, 5) is 6.72. The van der Waals surface area contributed by atoms with Gasteiger partial charge in [-0.15, -0.1) is 0 Å². The maximum Gasteiger partial charge on any atom is 0.0737 e. The van der Waals surface area contributed by atoms with Crippen LogP contribution in [0.5, 0.6) is 0 Å². The van der Waals surface area contributed by atoms with Crippen molar-refractivity contribution >= 4 is 28.2 Å². The van der Waals surface area contributed by atoms with Crippen molar-refractivity contribution < 1.29 is 17.1 Å². The molecule has 2 aliphatic carbocycles. The van der Waals surface area contributed by atoms with Crippen LogP contribution in [0, 0.1) is 11.8 Å². The fourth-order valence-corrected chi connectivity index (χ4v) is 4.66. The molecule has 2 fully saturated rings. The third kappa shape index (κ3) is 6.91. The Balaban J connectivity index is 0.000000408. The van der Waals surface area contributed by atoms with E-state index in [-0.39, 0.29) is 17.1 Å². The number of rotatable bonds is 5. The first kappa shape index (κ1) is 23.5. The SMILES string of the molecule is C1CCCC1.CN(C)CC1CCCC1CNc1ccnc2cc(Cl)ccc12.[Fe]. The van der Waals surface area contributed by atoms with Crippen LogP contribution in [0.2, 0.25) is 5.02 Å². The third-order valence-electron chi connectivity index (χ3n) is 5.93. The number of hydrogen-bond acceptors (Lipinski definition) is 3. The summed E-state index contributed by atoms with van der Waals surface area (Å²) in [6, 6.07) is 7.97. The maximum atomic E-state index is 6.05. The van der Waals surface area contributed by atoms with Crippen LogP contribution in [0.15, 0.2) is 30.5 Å². The van der Waals surface area contributed by atoms with Gasteiger partial charge >= 0.3 is 0 Å². The van der Waals surface area contributed by atoms with Crippen molar-refractivity contribution in [3.05, 3.63) is 35.5 Å². The molecule has 2 atom stereocenters. The molecule has 0 spiro atoms. The molecule has 156 valence electrons. The molecule has 2 aromatic rings. The molecule has 0 aliphatic heterocycles. The van der Waals surface area contributed by atoms with Crippen molar-refractivity contribution in [2.75, 3.05) is 32.5 Å². The Labute approximate surface area is 186 Å². The summed E-state index contributed by atoms with van der Waals surface area (Å²) in [5.74, 6) is 1.57. The van der Waals surface area contributed by atoms with Crippen molar-refractivity contribution in [1.29, 1.82) is 0 Å². The molecule has 4 rings (SSSR count). The predicted octanol–water partition coefficient (Wildman–Crippen LogP) is 6.23. The zero-order valence-electron chi connectivity index (χ0n) is 17.2. The molecular weight excluding hydrogens is 410 g/mol. The summed E-state index contributed by atoms with van der Waals surface area (Å²) in [5, 5.41) is 5.53. The van der Waals surface area contributed by atoms with E-state index in [2.05, 4.69) is 41.4 Å². The van der Waals surface area contributed by atoms with Gasteiger partial charge in [0.15, 0.2) is 0 Å². The van der Waals surface area contributed by atoms with Gasteiger partial charge in [0.05, 0.1) is 5.52 Å². The summed E-state index contributed by atoms with van der Waals surface area (Å²) >= 11 is 6.05. The van der Waals surface area contributed by atoms with E-state index in [9.17, 15) is 0 Å². The minimum atomic E-state index is 0. The van der Waals surface area contributed by atoms with Gasteiger partial charge in [0.2, 0.25) is 0 Å². The summed E-state index contributed by atoms with van der Waals surface area (Å²) in [6.07, 6.45) is 13.4. The van der Waals surface area contributed by atoms with Gasteiger partial charge in [0, 0.05) is 52.5 Å². The zero-order chi connectivity index (χ0) is 19.1. The smallest absolute Gasteiger partial charge is 0.0737 e. The monoisotopic (exact) mass is 443 g/mol. The Kier molecular flexibility index (Phi) is 10.1. The molecule has 1 aromatic carbocycles. The molecule has 2 unspecified atom stereocenters. The Hall–Kier alpha value is -0.801. The number of aromatic nitrogens is 1. The van der Waals surface area contributed by atoms with Crippen LogP contribution in [-0.2, 0) is 17.1 Å². The Morgan fingerprint density at radius 3 is 2.36 bits per heavy atom. The molecule has 28 heavy (non-hydrogen) atoms. The first-order valence-electron chi connectivity index (χ1n) is 10.6. The predicted molar refractivity (Wildman–Crippen MR) is 118 cm³/mol. The molecular formula is C23H34ClFeN3. The topological polar surface area (TPSA) is 28.2 Å². The van der Waals surface area contributed by atoms with Gasteiger partial charge in [0.25, 0.3) is 0 Å². The van der Waals surface area contributed by atoms with Crippen LogP contribution >= 0.6 is 11.6 Å². The number of anilines is 1. The maximum absolute atomic E-state index is 6.05. The first-order valence-corrected chi connectivity index (χ1v) is 10.9. The second-order valence-corrected chi connectivity index (χ2v) is 8.82. The van der Waals surface area contributed by atoms with Crippen molar-refractivity contribution in [2.24, 2.45) is 11.8 Å². The van der Waals surface area contributed by atoms with Crippen molar-refractivity contribution in [1.82, 2.24) is 9.88 Å². The minimum absolute atomic E-state index is 0. The van der Waals surface area contributed by atoms with E-state index in [1.54, 1.807) is 0 Å². The first-order chi connectivity index (χ1) is 13.1. The second kappa shape index (κ2) is 12.0. The Morgan fingerprint density at radius 1 is 1.00 bits per heavy atom. The summed E-state index contributed by atoms with van der Waals surface area (Å²) in [6.45, 7) is 2.24. The summed E-state index contributed by atoms with van der Waals surface area (Å²) in [5.41, 5.74) is 2.12. The summed E-state index contributed by atoms with van der Waals surface area (Å²) in [7, 11) is 4.34. The zero-order valence-corrected chi connectivity index (χ0v) is 19.1. The van der Waals surface area contributed by atoms with Crippen LogP contribution < -0.4 is 5.32 Å². The quantitative estimate of drug-likeness (QED) is 0.555. The van der Waals surface area contributed by atoms with Gasteiger partial charge < -0.3 is 10.2 Å². The van der Waals surface area contributed by atoms with Gasteiger partial charge in [-0.25, -0.2) is 0 Å². The molecule has 1 heterocycles. The van der Waals surface area contributed by atoms with E-state index in [4.69, 9.17) is 11.6 Å². The summed E-state index contributed by atoms with van der Waals surface area (Å²) < 4.78 is 0. The third-order valence-corrected chi connectivity index (χ3v) is 6.16. The van der Waals surface area contributed by atoms with E-state index in [0.717, 1.165) is 40.0 Å². The molecule has 0 radical (unpaired) electrons. The number of benzene rings is 1. The van der Waals surface area contributed by atoms with Crippen LogP contribution in [-0.4, -0.2) is 37.1 Å². The number of fused-ring (bicyclic) bond motifs is 1. The van der Waals surface area contributed by atoms with E-state index in [1.165, 1.54) is 57.9 Å². The van der Waals surface area contributed by atoms with Crippen LogP contribution in [0.1, 0.15) is 51.4 Å². The Bertz CT molecular complexity index is 710. The second-order valence-electron chi connectivity index (χ2n) is 8.38. The molecule has 3 nitrogen and oxygen atoms in total. The molecule has 1 aromatic heterocycles. The number of hydrogen-bond donors (Lipinski definition) is 1. The van der Waals surface area contributed by atoms with Crippen molar-refractivity contribution in [2.45, 2.75) is 51.4 Å². The molecule has 2 saturated carbocycles. The number of pyridine rings is 1. The van der Waals surface area contributed by atoms with Gasteiger partial charge in [-0.3, -0.25) is 4.98 Å². The molecule has 0 bridgehead atoms. The fraction of sp³-hybridized carbons (Fsp3) is 0.609. The molecule has 5 heteroatoms. The van der Waals surface area contributed by atoms with Crippen molar-refractivity contribution in [3.8, 4) is 0 Å². The average molecular weight is 444 g/mol. The van der Waals surface area contributed by atoms with E-state index in [0.29, 0.717) is 0 Å². The van der Waals surface area contributed by atoms with E-state index in [1.807, 2.05) is 18.3 Å². The molecule has 0 amide bonds. The average Bonchev–Trinajstić information content (AvgIpc) is 3.34. The normalized spacial score (nSPS) is 21.3. The van der Waals surface area contributed by atoms with Crippen LogP contribution in [0.25, 0.3) is 10.9 Å². The van der Waals surface area contributed by atoms with Crippen LogP contribution in [0.3, 0.4) is 0 Å². The molecule has 1 N–H and O–H groups in total. The van der Waals surface area contributed by atoms with Gasteiger partial charge in [-0.1, -0.05) is 50.1 Å². The van der Waals surface area contributed by atoms with E-state index >= 15 is 0 Å². The standard InChI is InChI=1S/C18H24ClN3.C5H10.Fe/c1-22(2)12-14-5-3-4-13(14)11-21-17-8-9-20-18-10-15(19)6-7-16(17)18;1-2-4-5-3-1;/h6-10,13-14H,3-5,11-12H2,1-2H3,(H,20,21);1-5H2;. The largest absolute Gasteiger partial charge is 0.384 e. The van der Waals surface area contributed by atoms with E-state index < -0.39 is 0 Å². The number of halogens is 1. The Morgan fingerprint density at radius 2 is 1.68 bits per heavy atom. The minimum Gasteiger partial charge on any atom is -0.384 e. The van der Waals surface area contributed by atoms with Crippen LogP contribution in [0.4, 0.5) is 5.69 Å². The van der Waals surface area contributed by atoms with Gasteiger partial charge in [-0.05, 0) is 63.0 Å². The van der Waals surface area contributed by atoms with Crippen molar-refractivity contribution in [3.63, 3.8) is 0 Å². The van der Waals surface area contributed by atoms with Gasteiger partial charge in [-0.2, -0.15) is 0 Å². The fourth-order valence-electron chi connectivity index (χ4n) is 4.49. The molecule has 0 saturated heterocycles. The van der Waals surface area contributed by atoms with Gasteiger partial charge in [0.1, 0.15) is 0 Å². The molecule has 2 aliphatic rings.